The van der Waals surface area contributed by atoms with Crippen LogP contribution in [0.2, 0.25) is 0 Å². The topological polar surface area (TPSA) is 24.5 Å². The lowest BCUT2D eigenvalue weighted by Crippen LogP contribution is -2.61. The molecular weight excluding hydrogens is 248 g/mol. The van der Waals surface area contributed by atoms with Crippen molar-refractivity contribution in [2.45, 2.75) is 72.4 Å². The molecule has 0 aliphatic heterocycles. The number of nitrogens with one attached hydrogen (secondary N) is 1. The number of hydrogen-bond donors (Lipinski definition) is 1. The Labute approximate surface area is 127 Å². The van der Waals surface area contributed by atoms with E-state index in [1.54, 1.807) is 7.11 Å². The van der Waals surface area contributed by atoms with Gasteiger partial charge in [0.15, 0.2) is 0 Å². The number of likely N-dealkylation sites (N-methyl/N-ethyl adjacent to an activating group) is 1. The molecule has 0 saturated carbocycles. The third-order valence-corrected chi connectivity index (χ3v) is 4.83. The fraction of sp³-hybridized carbons (Fsp3) is 1.00. The largest absolute Gasteiger partial charge is 0.385 e. The van der Waals surface area contributed by atoms with Crippen molar-refractivity contribution in [2.75, 3.05) is 33.4 Å². The summed E-state index contributed by atoms with van der Waals surface area (Å²) in [6, 6.07) is 0.516. The maximum atomic E-state index is 5.29. The Kier molecular flexibility index (Phi) is 10.5. The molecule has 0 aromatic rings. The number of nitrogens with zero attached hydrogens (tertiary/aromatic N) is 1. The first-order chi connectivity index (χ1) is 9.51. The molecule has 0 heterocycles. The van der Waals surface area contributed by atoms with Gasteiger partial charge in [-0.25, -0.2) is 0 Å². The summed E-state index contributed by atoms with van der Waals surface area (Å²) in [5.41, 5.74) is 0.214. The van der Waals surface area contributed by atoms with Gasteiger partial charge >= 0.3 is 0 Å². The second kappa shape index (κ2) is 10.6. The van der Waals surface area contributed by atoms with Crippen LogP contribution in [-0.2, 0) is 4.74 Å². The highest BCUT2D eigenvalue weighted by molar-refractivity contribution is 4.98. The predicted molar refractivity (Wildman–Crippen MR) is 89.4 cm³/mol. The van der Waals surface area contributed by atoms with Crippen molar-refractivity contribution in [3.05, 3.63) is 0 Å². The summed E-state index contributed by atoms with van der Waals surface area (Å²) in [5, 5.41) is 3.82. The zero-order chi connectivity index (χ0) is 15.6. The van der Waals surface area contributed by atoms with Crippen molar-refractivity contribution >= 4 is 0 Å². The minimum absolute atomic E-state index is 0.214. The van der Waals surface area contributed by atoms with Crippen LogP contribution in [0.4, 0.5) is 0 Å². The molecule has 0 radical (unpaired) electrons. The van der Waals surface area contributed by atoms with Gasteiger partial charge in [-0.05, 0) is 51.7 Å². The molecule has 0 rings (SSSR count). The summed E-state index contributed by atoms with van der Waals surface area (Å²) in [4.78, 5) is 2.61. The van der Waals surface area contributed by atoms with Crippen LogP contribution in [0.25, 0.3) is 0 Å². The van der Waals surface area contributed by atoms with Gasteiger partial charge in [-0.1, -0.05) is 34.6 Å². The van der Waals surface area contributed by atoms with Gasteiger partial charge in [0.1, 0.15) is 0 Å². The van der Waals surface area contributed by atoms with E-state index in [9.17, 15) is 0 Å². The van der Waals surface area contributed by atoms with E-state index >= 15 is 0 Å². The maximum absolute atomic E-state index is 5.29. The lowest BCUT2D eigenvalue weighted by atomic mass is 9.79. The molecule has 3 heteroatoms. The molecular formula is C17H38N2O. The van der Waals surface area contributed by atoms with Crippen molar-refractivity contribution in [2.24, 2.45) is 5.92 Å². The standard InChI is InChI=1S/C17H38N2O/c1-8-13-18-16(15(5)12-14-20-7)17(6,9-2)19(10-3)11-4/h15-16,18H,8-14H2,1-7H3. The number of hydrogen-bond acceptors (Lipinski definition) is 3. The summed E-state index contributed by atoms with van der Waals surface area (Å²) in [6.45, 7) is 18.1. The number of ether oxygens (including phenoxy) is 1. The van der Waals surface area contributed by atoms with Crippen molar-refractivity contribution in [1.29, 1.82) is 0 Å². The van der Waals surface area contributed by atoms with E-state index in [2.05, 4.69) is 51.8 Å². The van der Waals surface area contributed by atoms with Crippen LogP contribution in [0, 0.1) is 5.92 Å². The third kappa shape index (κ3) is 5.34. The molecule has 0 spiro atoms. The highest BCUT2D eigenvalue weighted by Crippen LogP contribution is 2.29. The van der Waals surface area contributed by atoms with Crippen molar-refractivity contribution in [1.82, 2.24) is 10.2 Å². The fourth-order valence-electron chi connectivity index (χ4n) is 3.39. The van der Waals surface area contributed by atoms with E-state index in [1.807, 2.05) is 0 Å². The lowest BCUT2D eigenvalue weighted by molar-refractivity contribution is 0.0410. The molecule has 122 valence electrons. The molecule has 3 atom stereocenters. The summed E-state index contributed by atoms with van der Waals surface area (Å²) in [6.07, 6.45) is 3.48. The van der Waals surface area contributed by atoms with Gasteiger partial charge in [0.05, 0.1) is 0 Å². The van der Waals surface area contributed by atoms with Crippen LogP contribution in [0.15, 0.2) is 0 Å². The van der Waals surface area contributed by atoms with Crippen LogP contribution in [0.1, 0.15) is 60.8 Å². The number of methoxy groups -OCH3 is 1. The molecule has 0 saturated heterocycles. The molecule has 0 amide bonds. The highest BCUT2D eigenvalue weighted by Gasteiger charge is 2.39. The molecule has 0 bridgehead atoms. The second-order valence-corrected chi connectivity index (χ2v) is 6.07. The van der Waals surface area contributed by atoms with Crippen LogP contribution in [0.5, 0.6) is 0 Å². The molecule has 1 N–H and O–H groups in total. The van der Waals surface area contributed by atoms with Crippen molar-refractivity contribution in [3.63, 3.8) is 0 Å². The Morgan fingerprint density at radius 2 is 1.75 bits per heavy atom. The summed E-state index contributed by atoms with van der Waals surface area (Å²) in [7, 11) is 1.80. The monoisotopic (exact) mass is 286 g/mol. The first kappa shape index (κ1) is 19.9. The minimum Gasteiger partial charge on any atom is -0.385 e. The Bertz CT molecular complexity index is 231. The van der Waals surface area contributed by atoms with Gasteiger partial charge in [-0.15, -0.1) is 0 Å². The SMILES string of the molecule is CCCNC(C(C)CCOC)C(C)(CC)N(CC)CC. The molecule has 3 unspecified atom stereocenters. The third-order valence-electron chi connectivity index (χ3n) is 4.83. The van der Waals surface area contributed by atoms with Gasteiger partial charge in [0.25, 0.3) is 0 Å². The predicted octanol–water partition coefficient (Wildman–Crippen LogP) is 3.54. The van der Waals surface area contributed by atoms with Crippen molar-refractivity contribution in [3.8, 4) is 0 Å². The summed E-state index contributed by atoms with van der Waals surface area (Å²) < 4.78 is 5.29. The molecule has 0 aliphatic carbocycles. The lowest BCUT2D eigenvalue weighted by Gasteiger charge is -2.48. The maximum Gasteiger partial charge on any atom is 0.0465 e. The average Bonchev–Trinajstić information content (AvgIpc) is 2.46. The number of rotatable bonds is 12. The Balaban J connectivity index is 5.10. The van der Waals surface area contributed by atoms with Crippen LogP contribution < -0.4 is 5.32 Å². The van der Waals surface area contributed by atoms with Crippen LogP contribution >= 0.6 is 0 Å². The minimum atomic E-state index is 0.214. The first-order valence-corrected chi connectivity index (χ1v) is 8.48. The first-order valence-electron chi connectivity index (χ1n) is 8.48. The zero-order valence-corrected chi connectivity index (χ0v) is 15.0. The zero-order valence-electron chi connectivity index (χ0n) is 15.0. The fourth-order valence-corrected chi connectivity index (χ4v) is 3.39. The quantitative estimate of drug-likeness (QED) is 0.594. The van der Waals surface area contributed by atoms with E-state index in [1.165, 1.54) is 12.8 Å². The van der Waals surface area contributed by atoms with Gasteiger partial charge in [0.2, 0.25) is 0 Å². The Hall–Kier alpha value is -0.120. The molecule has 0 aromatic heterocycles. The molecule has 0 aliphatic rings. The van der Waals surface area contributed by atoms with E-state index in [0.29, 0.717) is 12.0 Å². The normalized spacial score (nSPS) is 18.0. The Morgan fingerprint density at radius 3 is 2.15 bits per heavy atom. The molecule has 0 aromatic carbocycles. The van der Waals surface area contributed by atoms with E-state index < -0.39 is 0 Å². The second-order valence-electron chi connectivity index (χ2n) is 6.07. The van der Waals surface area contributed by atoms with E-state index in [4.69, 9.17) is 4.74 Å². The van der Waals surface area contributed by atoms with Crippen LogP contribution in [0.3, 0.4) is 0 Å². The average molecular weight is 287 g/mol. The van der Waals surface area contributed by atoms with Gasteiger partial charge in [-0.3, -0.25) is 4.90 Å². The van der Waals surface area contributed by atoms with E-state index in [-0.39, 0.29) is 5.54 Å². The summed E-state index contributed by atoms with van der Waals surface area (Å²) >= 11 is 0. The van der Waals surface area contributed by atoms with Crippen molar-refractivity contribution < 1.29 is 4.74 Å². The van der Waals surface area contributed by atoms with E-state index in [0.717, 1.165) is 32.7 Å². The Morgan fingerprint density at radius 1 is 1.15 bits per heavy atom. The summed E-state index contributed by atoms with van der Waals surface area (Å²) in [5.74, 6) is 0.618. The molecule has 3 nitrogen and oxygen atoms in total. The highest BCUT2D eigenvalue weighted by atomic mass is 16.5. The molecule has 0 fully saturated rings. The molecule has 20 heavy (non-hydrogen) atoms. The van der Waals surface area contributed by atoms with Crippen LogP contribution in [-0.4, -0.2) is 49.8 Å². The smallest absolute Gasteiger partial charge is 0.0465 e. The van der Waals surface area contributed by atoms with Gasteiger partial charge in [-0.2, -0.15) is 0 Å². The van der Waals surface area contributed by atoms with Gasteiger partial charge < -0.3 is 10.1 Å². The van der Waals surface area contributed by atoms with Gasteiger partial charge in [0, 0.05) is 25.3 Å².